The van der Waals surface area contributed by atoms with Gasteiger partial charge >= 0.3 is 0 Å². The highest BCUT2D eigenvalue weighted by Gasteiger charge is 2.34. The summed E-state index contributed by atoms with van der Waals surface area (Å²) in [6.07, 6.45) is 1.53. The molecular formula is C16H17NOS. The van der Waals surface area contributed by atoms with Crippen LogP contribution in [-0.2, 0) is 6.42 Å². The number of nitrogens with zero attached hydrogens (tertiary/aromatic N) is 1. The van der Waals surface area contributed by atoms with Gasteiger partial charge in [-0.1, -0.05) is 38.1 Å². The zero-order chi connectivity index (χ0) is 13.6. The Kier molecular flexibility index (Phi) is 2.82. The fourth-order valence-electron chi connectivity index (χ4n) is 2.65. The van der Waals surface area contributed by atoms with E-state index in [0.717, 1.165) is 27.6 Å². The quantitative estimate of drug-likeness (QED) is 0.775. The lowest BCUT2D eigenvalue weighted by Gasteiger charge is -2.26. The molecular weight excluding hydrogens is 254 g/mol. The van der Waals surface area contributed by atoms with Crippen molar-refractivity contribution in [3.63, 3.8) is 0 Å². The molecule has 0 amide bonds. The van der Waals surface area contributed by atoms with E-state index in [9.17, 15) is 4.79 Å². The number of aryl methyl sites for hydroxylation is 1. The summed E-state index contributed by atoms with van der Waals surface area (Å²) >= 11 is 1.55. The highest BCUT2D eigenvalue weighted by Crippen LogP contribution is 2.39. The van der Waals surface area contributed by atoms with Crippen LogP contribution in [0.15, 0.2) is 24.3 Å². The molecule has 0 radical (unpaired) electrons. The third kappa shape index (κ3) is 2.23. The van der Waals surface area contributed by atoms with Crippen LogP contribution in [0.3, 0.4) is 0 Å². The monoisotopic (exact) mass is 271 g/mol. The van der Waals surface area contributed by atoms with Crippen molar-refractivity contribution in [1.29, 1.82) is 0 Å². The van der Waals surface area contributed by atoms with Crippen LogP contribution in [0.1, 0.15) is 41.2 Å². The minimum Gasteiger partial charge on any atom is -0.293 e. The molecule has 0 unspecified atom stereocenters. The summed E-state index contributed by atoms with van der Waals surface area (Å²) in [5, 5.41) is 0.981. The van der Waals surface area contributed by atoms with Crippen molar-refractivity contribution in [2.45, 2.75) is 33.6 Å². The van der Waals surface area contributed by atoms with Gasteiger partial charge in [0.2, 0.25) is 0 Å². The van der Waals surface area contributed by atoms with Gasteiger partial charge in [-0.2, -0.15) is 0 Å². The minimum atomic E-state index is 0.0428. The number of fused-ring (bicyclic) bond motifs is 1. The van der Waals surface area contributed by atoms with Crippen LogP contribution in [0.25, 0.3) is 10.6 Å². The number of carbonyl (C=O) groups is 1. The van der Waals surface area contributed by atoms with E-state index in [0.29, 0.717) is 6.42 Å². The zero-order valence-corrected chi connectivity index (χ0v) is 12.3. The molecule has 0 saturated carbocycles. The van der Waals surface area contributed by atoms with Gasteiger partial charge in [-0.15, -0.1) is 11.3 Å². The largest absolute Gasteiger partial charge is 0.293 e. The van der Waals surface area contributed by atoms with Crippen molar-refractivity contribution in [3.05, 3.63) is 40.4 Å². The molecule has 0 atom stereocenters. The van der Waals surface area contributed by atoms with E-state index in [4.69, 9.17) is 4.98 Å². The van der Waals surface area contributed by atoms with Crippen LogP contribution in [0, 0.1) is 12.3 Å². The SMILES string of the molecule is Cc1ccccc1-c1nc2c(s1)C(=O)CC(C)(C)C2. The first-order valence-corrected chi connectivity index (χ1v) is 7.37. The van der Waals surface area contributed by atoms with Gasteiger partial charge in [-0.25, -0.2) is 4.98 Å². The number of hydrogen-bond donors (Lipinski definition) is 0. The van der Waals surface area contributed by atoms with Crippen LogP contribution in [0.4, 0.5) is 0 Å². The Hall–Kier alpha value is -1.48. The van der Waals surface area contributed by atoms with Gasteiger partial charge in [0, 0.05) is 12.0 Å². The zero-order valence-electron chi connectivity index (χ0n) is 11.5. The Labute approximate surface area is 117 Å². The number of benzene rings is 1. The standard InChI is InChI=1S/C16H17NOS/c1-10-6-4-5-7-11(10)15-17-12-8-16(2,3)9-13(18)14(12)19-15/h4-7H,8-9H2,1-3H3. The summed E-state index contributed by atoms with van der Waals surface area (Å²) in [6.45, 7) is 6.36. The van der Waals surface area contributed by atoms with Crippen LogP contribution in [0.5, 0.6) is 0 Å². The van der Waals surface area contributed by atoms with Crippen molar-refractivity contribution >= 4 is 17.1 Å². The van der Waals surface area contributed by atoms with E-state index in [1.807, 2.05) is 12.1 Å². The third-order valence-electron chi connectivity index (χ3n) is 3.61. The van der Waals surface area contributed by atoms with E-state index in [1.165, 1.54) is 5.56 Å². The molecule has 1 aliphatic carbocycles. The molecule has 2 nitrogen and oxygen atoms in total. The van der Waals surface area contributed by atoms with Gasteiger partial charge in [-0.05, 0) is 24.3 Å². The van der Waals surface area contributed by atoms with Crippen molar-refractivity contribution in [1.82, 2.24) is 4.98 Å². The van der Waals surface area contributed by atoms with E-state index < -0.39 is 0 Å². The second-order valence-electron chi connectivity index (χ2n) is 6.05. The first-order valence-electron chi connectivity index (χ1n) is 6.55. The number of rotatable bonds is 1. The summed E-state index contributed by atoms with van der Waals surface area (Å²) < 4.78 is 0. The molecule has 0 saturated heterocycles. The van der Waals surface area contributed by atoms with Gasteiger partial charge < -0.3 is 0 Å². The smallest absolute Gasteiger partial charge is 0.175 e. The molecule has 3 heteroatoms. The second kappa shape index (κ2) is 4.27. The van der Waals surface area contributed by atoms with E-state index in [-0.39, 0.29) is 11.2 Å². The van der Waals surface area contributed by atoms with Crippen molar-refractivity contribution in [3.8, 4) is 10.6 Å². The van der Waals surface area contributed by atoms with Crippen LogP contribution in [-0.4, -0.2) is 10.8 Å². The lowest BCUT2D eigenvalue weighted by atomic mass is 9.78. The molecule has 0 N–H and O–H groups in total. The average Bonchev–Trinajstić information content (AvgIpc) is 2.71. The number of ketones is 1. The molecule has 1 aromatic carbocycles. The molecule has 0 bridgehead atoms. The number of hydrogen-bond acceptors (Lipinski definition) is 3. The normalized spacial score (nSPS) is 17.3. The van der Waals surface area contributed by atoms with Crippen molar-refractivity contribution in [2.24, 2.45) is 5.41 Å². The number of aromatic nitrogens is 1. The summed E-state index contributed by atoms with van der Waals surface area (Å²) in [5.74, 6) is 0.253. The molecule has 3 rings (SSSR count). The molecule has 0 fully saturated rings. The minimum absolute atomic E-state index is 0.0428. The second-order valence-corrected chi connectivity index (χ2v) is 7.05. The van der Waals surface area contributed by atoms with E-state index in [2.05, 4.69) is 32.9 Å². The maximum atomic E-state index is 12.2. The Balaban J connectivity index is 2.09. The first kappa shape index (κ1) is 12.5. The fraction of sp³-hybridized carbons (Fsp3) is 0.375. The summed E-state index contributed by atoms with van der Waals surface area (Å²) in [4.78, 5) is 17.8. The van der Waals surface area contributed by atoms with Gasteiger partial charge in [0.25, 0.3) is 0 Å². The first-order chi connectivity index (χ1) is 8.96. The highest BCUT2D eigenvalue weighted by molar-refractivity contribution is 7.17. The van der Waals surface area contributed by atoms with Crippen LogP contribution in [0.2, 0.25) is 0 Å². The molecule has 19 heavy (non-hydrogen) atoms. The van der Waals surface area contributed by atoms with Crippen LogP contribution < -0.4 is 0 Å². The van der Waals surface area contributed by atoms with E-state index in [1.54, 1.807) is 11.3 Å². The van der Waals surface area contributed by atoms with Gasteiger partial charge in [0.15, 0.2) is 5.78 Å². The lowest BCUT2D eigenvalue weighted by molar-refractivity contribution is 0.0916. The molecule has 1 aliphatic rings. The Morgan fingerprint density at radius 1 is 1.21 bits per heavy atom. The van der Waals surface area contributed by atoms with E-state index >= 15 is 0 Å². The van der Waals surface area contributed by atoms with Crippen LogP contribution >= 0.6 is 11.3 Å². The number of carbonyl (C=O) groups excluding carboxylic acids is 1. The Morgan fingerprint density at radius 3 is 2.68 bits per heavy atom. The molecule has 1 aromatic heterocycles. The molecule has 2 aromatic rings. The van der Waals surface area contributed by atoms with Gasteiger partial charge in [-0.3, -0.25) is 4.79 Å². The fourth-order valence-corrected chi connectivity index (χ4v) is 3.76. The Morgan fingerprint density at radius 2 is 1.95 bits per heavy atom. The molecule has 98 valence electrons. The average molecular weight is 271 g/mol. The molecule has 0 spiro atoms. The van der Waals surface area contributed by atoms with Crippen molar-refractivity contribution in [2.75, 3.05) is 0 Å². The Bertz CT molecular complexity index is 655. The van der Waals surface area contributed by atoms with Gasteiger partial charge in [0.1, 0.15) is 5.01 Å². The number of thiazole rings is 1. The topological polar surface area (TPSA) is 30.0 Å². The third-order valence-corrected chi connectivity index (χ3v) is 4.78. The molecule has 0 aliphatic heterocycles. The predicted molar refractivity (Wildman–Crippen MR) is 78.7 cm³/mol. The van der Waals surface area contributed by atoms with Crippen molar-refractivity contribution < 1.29 is 4.79 Å². The summed E-state index contributed by atoms with van der Waals surface area (Å²) in [5.41, 5.74) is 3.39. The number of Topliss-reactive ketones (excluding diaryl/α,β-unsaturated/α-hetero) is 1. The summed E-state index contributed by atoms with van der Waals surface area (Å²) in [6, 6.07) is 8.21. The summed E-state index contributed by atoms with van der Waals surface area (Å²) in [7, 11) is 0. The lowest BCUT2D eigenvalue weighted by Crippen LogP contribution is -2.25. The highest BCUT2D eigenvalue weighted by atomic mass is 32.1. The van der Waals surface area contributed by atoms with Gasteiger partial charge in [0.05, 0.1) is 10.6 Å². The molecule has 1 heterocycles. The maximum absolute atomic E-state index is 12.2. The predicted octanol–water partition coefficient (Wildman–Crippen LogP) is 4.27. The maximum Gasteiger partial charge on any atom is 0.175 e.